The first-order valence-corrected chi connectivity index (χ1v) is 13.2. The first-order valence-electron chi connectivity index (χ1n) is 13.2. The van der Waals surface area contributed by atoms with Gasteiger partial charge in [0.15, 0.2) is 0 Å². The summed E-state index contributed by atoms with van der Waals surface area (Å²) in [5.41, 5.74) is 8.96. The fourth-order valence-electron chi connectivity index (χ4n) is 4.40. The Bertz CT molecular complexity index is 852. The molecule has 1 saturated heterocycles. The van der Waals surface area contributed by atoms with Crippen molar-refractivity contribution in [2.75, 3.05) is 19.8 Å². The van der Waals surface area contributed by atoms with Crippen molar-refractivity contribution in [2.24, 2.45) is 26.9 Å². The van der Waals surface area contributed by atoms with Crippen molar-refractivity contribution in [2.45, 2.75) is 104 Å². The number of hydrogen-bond donors (Lipinski definition) is 0. The number of unbranched alkanes of at least 4 members (excludes halogenated alkanes) is 3. The van der Waals surface area contributed by atoms with Gasteiger partial charge in [0.1, 0.15) is 24.7 Å². The lowest BCUT2D eigenvalue weighted by Crippen LogP contribution is -2.46. The number of carbonyl (C=O) groups is 2. The van der Waals surface area contributed by atoms with Crippen molar-refractivity contribution >= 4 is 23.8 Å². The molecule has 2 amide bonds. The number of ether oxygens (including phenoxy) is 3. The molecule has 2 heterocycles. The molecule has 202 valence electrons. The third-order valence-electron chi connectivity index (χ3n) is 6.40. The molecule has 2 aliphatic heterocycles. The van der Waals surface area contributed by atoms with Crippen LogP contribution in [0.1, 0.15) is 80.1 Å². The Kier molecular flexibility index (Phi) is 12.0. The van der Waals surface area contributed by atoms with Crippen LogP contribution in [0.25, 0.3) is 10.4 Å². The van der Waals surface area contributed by atoms with Gasteiger partial charge in [0.05, 0.1) is 19.3 Å². The number of nitrogens with zero attached hydrogens (tertiary/aromatic N) is 6. The van der Waals surface area contributed by atoms with Gasteiger partial charge in [-0.15, -0.1) is 0 Å². The zero-order chi connectivity index (χ0) is 26.7. The summed E-state index contributed by atoms with van der Waals surface area (Å²) in [6.45, 7) is 13.2. The zero-order valence-electron chi connectivity index (χ0n) is 22.6. The van der Waals surface area contributed by atoms with Crippen molar-refractivity contribution in [3.8, 4) is 0 Å². The fraction of sp³-hybridized carbons (Fsp3) is 0.840. The highest BCUT2D eigenvalue weighted by Gasteiger charge is 2.41. The number of carbonyl (C=O) groups excluding carboxylic acids is 2. The van der Waals surface area contributed by atoms with Crippen LogP contribution >= 0.6 is 0 Å². The molecule has 0 N–H and O–H groups in total. The molecular formula is C25H42N6O5. The first kappa shape index (κ1) is 29.4. The lowest BCUT2D eigenvalue weighted by molar-refractivity contribution is -0.131. The molecule has 2 aliphatic rings. The van der Waals surface area contributed by atoms with E-state index < -0.39 is 18.0 Å². The number of imide groups is 1. The number of azide groups is 1. The number of rotatable bonds is 13. The van der Waals surface area contributed by atoms with E-state index in [9.17, 15) is 9.59 Å². The van der Waals surface area contributed by atoms with Crippen LogP contribution in [0, 0.1) is 11.8 Å². The zero-order valence-corrected chi connectivity index (χ0v) is 22.6. The minimum Gasteiger partial charge on any atom is -0.480 e. The molecule has 0 aliphatic carbocycles. The van der Waals surface area contributed by atoms with E-state index >= 15 is 0 Å². The third-order valence-corrected chi connectivity index (χ3v) is 6.40. The van der Waals surface area contributed by atoms with E-state index in [1.165, 1.54) is 0 Å². The van der Waals surface area contributed by atoms with Gasteiger partial charge in [0.2, 0.25) is 17.7 Å². The molecule has 0 aromatic carbocycles. The third kappa shape index (κ3) is 7.85. The van der Waals surface area contributed by atoms with Gasteiger partial charge in [-0.1, -0.05) is 58.5 Å². The Labute approximate surface area is 214 Å². The Balaban J connectivity index is 1.88. The number of aliphatic imine (C=N–C) groups is 2. The van der Waals surface area contributed by atoms with Crippen molar-refractivity contribution in [1.29, 1.82) is 0 Å². The molecule has 2 rings (SSSR count). The minimum absolute atomic E-state index is 0.0544. The van der Waals surface area contributed by atoms with E-state index in [0.717, 1.165) is 30.6 Å². The molecule has 4 atom stereocenters. The summed E-state index contributed by atoms with van der Waals surface area (Å²) in [7, 11) is 0. The molecular weight excluding hydrogens is 464 g/mol. The molecule has 0 aromatic rings. The Hall–Kier alpha value is -2.81. The van der Waals surface area contributed by atoms with Crippen LogP contribution in [-0.4, -0.2) is 72.7 Å². The van der Waals surface area contributed by atoms with Gasteiger partial charge in [-0.25, -0.2) is 19.7 Å². The standard InChI is InChI=1S/C25H42N6O5/c1-7-34-22-18(27-23(35-8-2)21(28-22)17(5)6)13-11-9-10-12-14-19(29-30-26)24(32)31-20(16(3)4)15-36-25(31)33/h16-21H,7-15H2,1-6H3/t18-,19+,20-,21+/m1/s1. The van der Waals surface area contributed by atoms with Crippen molar-refractivity contribution < 1.29 is 23.8 Å². The number of amides is 2. The van der Waals surface area contributed by atoms with E-state index in [2.05, 4.69) is 23.9 Å². The van der Waals surface area contributed by atoms with Crippen molar-refractivity contribution in [1.82, 2.24) is 4.90 Å². The van der Waals surface area contributed by atoms with E-state index in [-0.39, 0.29) is 36.6 Å². The molecule has 0 bridgehead atoms. The van der Waals surface area contributed by atoms with Crippen LogP contribution in [0.2, 0.25) is 0 Å². The van der Waals surface area contributed by atoms with Crippen LogP contribution in [0.5, 0.6) is 0 Å². The average Bonchev–Trinajstić information content (AvgIpc) is 3.23. The van der Waals surface area contributed by atoms with Gasteiger partial charge in [-0.3, -0.25) is 4.79 Å². The monoisotopic (exact) mass is 506 g/mol. The molecule has 0 spiro atoms. The van der Waals surface area contributed by atoms with Gasteiger partial charge in [0, 0.05) is 4.91 Å². The largest absolute Gasteiger partial charge is 0.480 e. The quantitative estimate of drug-likeness (QED) is 0.145. The van der Waals surface area contributed by atoms with Crippen molar-refractivity contribution in [3.05, 3.63) is 10.4 Å². The normalized spacial score (nSPS) is 22.6. The second-order valence-electron chi connectivity index (χ2n) is 9.81. The number of hydrogen-bond acceptors (Lipinski definition) is 8. The second kappa shape index (κ2) is 14.7. The second-order valence-corrected chi connectivity index (χ2v) is 9.81. The molecule has 0 saturated carbocycles. The topological polar surface area (TPSA) is 139 Å². The Morgan fingerprint density at radius 3 is 2.36 bits per heavy atom. The van der Waals surface area contributed by atoms with Crippen LogP contribution in [0.15, 0.2) is 15.1 Å². The summed E-state index contributed by atoms with van der Waals surface area (Å²) in [6, 6.07) is -1.53. The molecule has 1 fully saturated rings. The summed E-state index contributed by atoms with van der Waals surface area (Å²) in [6.07, 6.45) is 3.88. The van der Waals surface area contributed by atoms with Crippen molar-refractivity contribution in [3.63, 3.8) is 0 Å². The lowest BCUT2D eigenvalue weighted by atomic mass is 10.00. The molecule has 0 radical (unpaired) electrons. The first-order chi connectivity index (χ1) is 17.2. The molecule has 36 heavy (non-hydrogen) atoms. The van der Waals surface area contributed by atoms with Gasteiger partial charge in [-0.2, -0.15) is 0 Å². The summed E-state index contributed by atoms with van der Waals surface area (Å²) < 4.78 is 16.7. The predicted molar refractivity (Wildman–Crippen MR) is 138 cm³/mol. The average molecular weight is 507 g/mol. The van der Waals surface area contributed by atoms with E-state index in [1.54, 1.807) is 0 Å². The summed E-state index contributed by atoms with van der Waals surface area (Å²) >= 11 is 0. The van der Waals surface area contributed by atoms with Crippen LogP contribution in [0.3, 0.4) is 0 Å². The van der Waals surface area contributed by atoms with Gasteiger partial charge >= 0.3 is 6.09 Å². The molecule has 11 heteroatoms. The van der Waals surface area contributed by atoms with E-state index in [0.29, 0.717) is 37.9 Å². The lowest BCUT2D eigenvalue weighted by Gasteiger charge is -2.28. The Morgan fingerprint density at radius 1 is 1.08 bits per heavy atom. The molecule has 0 unspecified atom stereocenters. The maximum atomic E-state index is 12.9. The molecule has 11 nitrogen and oxygen atoms in total. The summed E-state index contributed by atoms with van der Waals surface area (Å²) in [5.74, 6) is 1.18. The van der Waals surface area contributed by atoms with Gasteiger partial charge in [-0.05, 0) is 44.1 Å². The highest BCUT2D eigenvalue weighted by atomic mass is 16.6. The molecule has 0 aromatic heterocycles. The number of cyclic esters (lactones) is 1. The fourth-order valence-corrected chi connectivity index (χ4v) is 4.40. The van der Waals surface area contributed by atoms with Gasteiger partial charge < -0.3 is 14.2 Å². The maximum absolute atomic E-state index is 12.9. The van der Waals surface area contributed by atoms with E-state index in [4.69, 9.17) is 29.7 Å². The van der Waals surface area contributed by atoms with Gasteiger partial charge in [0.25, 0.3) is 0 Å². The summed E-state index contributed by atoms with van der Waals surface area (Å²) in [4.78, 5) is 38.7. The Morgan fingerprint density at radius 2 is 1.75 bits per heavy atom. The summed E-state index contributed by atoms with van der Waals surface area (Å²) in [5, 5.41) is 3.68. The predicted octanol–water partition coefficient (Wildman–Crippen LogP) is 5.29. The minimum atomic E-state index is -0.914. The SMILES string of the molecule is CCOC1=N[C@H](CCCCCC[C@H](N=[N+]=[N-])C(=O)N2C(=O)OC[C@@H]2C(C)C)C(OCC)=N[C@H]1C(C)C. The van der Waals surface area contributed by atoms with E-state index in [1.807, 2.05) is 27.7 Å². The van der Waals surface area contributed by atoms with Crippen LogP contribution < -0.4 is 0 Å². The highest BCUT2D eigenvalue weighted by molar-refractivity contribution is 5.96. The van der Waals surface area contributed by atoms with Crippen LogP contribution in [-0.2, 0) is 19.0 Å². The van der Waals surface area contributed by atoms with Crippen LogP contribution in [0.4, 0.5) is 4.79 Å². The highest BCUT2D eigenvalue weighted by Crippen LogP contribution is 2.24. The smallest absolute Gasteiger partial charge is 0.416 e. The maximum Gasteiger partial charge on any atom is 0.416 e.